The van der Waals surface area contributed by atoms with Crippen LogP contribution in [0.3, 0.4) is 0 Å². The Labute approximate surface area is 180 Å². The van der Waals surface area contributed by atoms with Crippen LogP contribution < -0.4 is 10.3 Å². The largest absolute Gasteiger partial charge is 0.472 e. The van der Waals surface area contributed by atoms with Crippen molar-refractivity contribution >= 4 is 15.9 Å². The van der Waals surface area contributed by atoms with Crippen molar-refractivity contribution in [2.75, 3.05) is 14.1 Å². The molecule has 0 saturated carbocycles. The molecule has 1 aromatic carbocycles. The van der Waals surface area contributed by atoms with Gasteiger partial charge in [-0.05, 0) is 49.1 Å². The van der Waals surface area contributed by atoms with Crippen molar-refractivity contribution in [1.82, 2.24) is 24.4 Å². The van der Waals surface area contributed by atoms with Gasteiger partial charge in [-0.15, -0.1) is 0 Å². The Morgan fingerprint density at radius 2 is 1.87 bits per heavy atom. The highest BCUT2D eigenvalue weighted by molar-refractivity contribution is 9.10. The third kappa shape index (κ3) is 5.25. The lowest BCUT2D eigenvalue weighted by Crippen LogP contribution is -2.26. The van der Waals surface area contributed by atoms with E-state index in [2.05, 4.69) is 30.9 Å². The van der Waals surface area contributed by atoms with Gasteiger partial charge in [-0.1, -0.05) is 0 Å². The van der Waals surface area contributed by atoms with Crippen LogP contribution in [0.1, 0.15) is 22.8 Å². The van der Waals surface area contributed by atoms with Crippen LogP contribution in [0.2, 0.25) is 0 Å². The van der Waals surface area contributed by atoms with E-state index in [-0.39, 0.29) is 34.6 Å². The highest BCUT2D eigenvalue weighted by atomic mass is 79.9. The van der Waals surface area contributed by atoms with E-state index >= 15 is 0 Å². The van der Waals surface area contributed by atoms with Gasteiger partial charge in [-0.2, -0.15) is 4.98 Å². The Morgan fingerprint density at radius 1 is 1.17 bits per heavy atom. The molecule has 0 amide bonds. The highest BCUT2D eigenvalue weighted by Gasteiger charge is 2.16. The van der Waals surface area contributed by atoms with Crippen molar-refractivity contribution in [3.8, 4) is 5.88 Å². The van der Waals surface area contributed by atoms with Gasteiger partial charge in [0.1, 0.15) is 28.5 Å². The van der Waals surface area contributed by atoms with Gasteiger partial charge in [0.05, 0.1) is 30.3 Å². The number of hydrogen-bond acceptors (Lipinski definition) is 6. The zero-order valence-corrected chi connectivity index (χ0v) is 18.3. The molecular formula is C20H20BrF2N5O2. The van der Waals surface area contributed by atoms with E-state index in [1.807, 2.05) is 19.0 Å². The normalized spacial score (nSPS) is 11.2. The molecule has 2 aromatic heterocycles. The maximum atomic E-state index is 13.8. The first-order valence-electron chi connectivity index (χ1n) is 9.02. The summed E-state index contributed by atoms with van der Waals surface area (Å²) in [6.07, 6.45) is 3.30. The van der Waals surface area contributed by atoms with Gasteiger partial charge < -0.3 is 9.64 Å². The van der Waals surface area contributed by atoms with Crippen molar-refractivity contribution in [1.29, 1.82) is 0 Å². The Kier molecular flexibility index (Phi) is 6.88. The van der Waals surface area contributed by atoms with Gasteiger partial charge >= 0.3 is 0 Å². The average Bonchev–Trinajstić information content (AvgIpc) is 2.69. The number of aryl methyl sites for hydroxylation is 1. The van der Waals surface area contributed by atoms with E-state index in [9.17, 15) is 13.6 Å². The third-order valence-electron chi connectivity index (χ3n) is 4.21. The molecule has 0 spiro atoms. The summed E-state index contributed by atoms with van der Waals surface area (Å²) in [6.45, 7) is 2.32. The Bertz CT molecular complexity index is 1100. The number of rotatable bonds is 7. The first kappa shape index (κ1) is 22.0. The van der Waals surface area contributed by atoms with Gasteiger partial charge in [0, 0.05) is 18.2 Å². The van der Waals surface area contributed by atoms with Crippen LogP contribution in [0.25, 0.3) is 0 Å². The van der Waals surface area contributed by atoms with E-state index < -0.39 is 11.6 Å². The lowest BCUT2D eigenvalue weighted by Gasteiger charge is -2.14. The topological polar surface area (TPSA) is 73.1 Å². The molecule has 158 valence electrons. The summed E-state index contributed by atoms with van der Waals surface area (Å²) in [5, 5.41) is 0. The molecule has 0 unspecified atom stereocenters. The summed E-state index contributed by atoms with van der Waals surface area (Å²) in [4.78, 5) is 27.8. The van der Waals surface area contributed by atoms with E-state index in [0.717, 1.165) is 17.8 Å². The number of ether oxygens (including phenoxy) is 1. The summed E-state index contributed by atoms with van der Waals surface area (Å²) in [5.74, 6) is -0.971. The minimum absolute atomic E-state index is 0.0323. The van der Waals surface area contributed by atoms with Crippen LogP contribution in [0.5, 0.6) is 5.88 Å². The Morgan fingerprint density at radius 3 is 2.50 bits per heavy atom. The number of halogens is 3. The minimum Gasteiger partial charge on any atom is -0.472 e. The Hall–Kier alpha value is -2.72. The lowest BCUT2D eigenvalue weighted by atomic mass is 10.2. The number of benzene rings is 1. The zero-order chi connectivity index (χ0) is 21.8. The second-order valence-corrected chi connectivity index (χ2v) is 7.72. The van der Waals surface area contributed by atoms with Crippen LogP contribution >= 0.6 is 15.9 Å². The van der Waals surface area contributed by atoms with Crippen molar-refractivity contribution in [2.45, 2.75) is 26.6 Å². The molecule has 30 heavy (non-hydrogen) atoms. The van der Waals surface area contributed by atoms with Crippen molar-refractivity contribution in [3.63, 3.8) is 0 Å². The zero-order valence-electron chi connectivity index (χ0n) is 16.7. The predicted octanol–water partition coefficient (Wildman–Crippen LogP) is 3.07. The predicted molar refractivity (Wildman–Crippen MR) is 110 cm³/mol. The van der Waals surface area contributed by atoms with Gasteiger partial charge in [-0.25, -0.2) is 8.78 Å². The van der Waals surface area contributed by atoms with E-state index in [0.29, 0.717) is 18.1 Å². The van der Waals surface area contributed by atoms with Crippen molar-refractivity contribution in [2.24, 2.45) is 0 Å². The van der Waals surface area contributed by atoms with Crippen molar-refractivity contribution < 1.29 is 13.5 Å². The number of aromatic nitrogens is 4. The highest BCUT2D eigenvalue weighted by Crippen LogP contribution is 2.21. The average molecular weight is 480 g/mol. The summed E-state index contributed by atoms with van der Waals surface area (Å²) in [5.41, 5.74) is 1.22. The SMILES string of the molecule is Cc1nc(OCc2ccc(F)cc2F)c(Br)c(=O)n1Cc1cnc(CN(C)C)cn1. The fourth-order valence-electron chi connectivity index (χ4n) is 2.71. The molecule has 2 heterocycles. The number of hydrogen-bond donors (Lipinski definition) is 0. The quantitative estimate of drug-likeness (QED) is 0.518. The van der Waals surface area contributed by atoms with E-state index in [1.165, 1.54) is 10.6 Å². The first-order chi connectivity index (χ1) is 14.2. The third-order valence-corrected chi connectivity index (χ3v) is 4.89. The fourth-order valence-corrected chi connectivity index (χ4v) is 3.13. The minimum atomic E-state index is -0.729. The summed E-state index contributed by atoms with van der Waals surface area (Å²) >= 11 is 3.20. The monoisotopic (exact) mass is 479 g/mol. The molecule has 0 aliphatic carbocycles. The molecule has 0 atom stereocenters. The van der Waals surface area contributed by atoms with Crippen LogP contribution in [0.15, 0.2) is 39.9 Å². The summed E-state index contributed by atoms with van der Waals surface area (Å²) < 4.78 is 33.8. The summed E-state index contributed by atoms with van der Waals surface area (Å²) in [7, 11) is 3.88. The Balaban J connectivity index is 1.78. The van der Waals surface area contributed by atoms with Crippen molar-refractivity contribution in [3.05, 3.63) is 79.8 Å². The molecule has 0 radical (unpaired) electrons. The number of nitrogens with zero attached hydrogens (tertiary/aromatic N) is 5. The van der Waals surface area contributed by atoms with Gasteiger partial charge in [0.25, 0.3) is 5.56 Å². The van der Waals surface area contributed by atoms with Gasteiger partial charge in [0.2, 0.25) is 5.88 Å². The maximum absolute atomic E-state index is 13.8. The smallest absolute Gasteiger partial charge is 0.272 e. The summed E-state index contributed by atoms with van der Waals surface area (Å²) in [6, 6.07) is 3.19. The molecule has 10 heteroatoms. The van der Waals surface area contributed by atoms with Crippen LogP contribution in [-0.4, -0.2) is 38.5 Å². The van der Waals surface area contributed by atoms with E-state index in [4.69, 9.17) is 4.74 Å². The fraction of sp³-hybridized carbons (Fsp3) is 0.300. The van der Waals surface area contributed by atoms with E-state index in [1.54, 1.807) is 19.3 Å². The first-order valence-corrected chi connectivity index (χ1v) is 9.82. The molecule has 0 N–H and O–H groups in total. The standard InChI is InChI=1S/C20H20BrF2N5O2/c1-12-26-19(30-11-13-4-5-14(22)6-17(13)23)18(21)20(29)28(12)10-16-8-24-15(7-25-16)9-27(2)3/h4-8H,9-11H2,1-3H3. The van der Waals surface area contributed by atoms with Gasteiger partial charge in [-0.3, -0.25) is 19.3 Å². The lowest BCUT2D eigenvalue weighted by molar-refractivity contribution is 0.282. The molecule has 0 fully saturated rings. The molecule has 3 rings (SSSR count). The van der Waals surface area contributed by atoms with Crippen LogP contribution in [-0.2, 0) is 19.7 Å². The maximum Gasteiger partial charge on any atom is 0.272 e. The molecular weight excluding hydrogens is 460 g/mol. The van der Waals surface area contributed by atoms with Crippen LogP contribution in [0, 0.1) is 18.6 Å². The molecule has 0 bridgehead atoms. The molecule has 0 aliphatic heterocycles. The second-order valence-electron chi connectivity index (χ2n) is 6.93. The molecule has 7 nitrogen and oxygen atoms in total. The molecule has 0 saturated heterocycles. The molecule has 3 aromatic rings. The molecule has 0 aliphatic rings. The van der Waals surface area contributed by atoms with Crippen LogP contribution in [0.4, 0.5) is 8.78 Å². The van der Waals surface area contributed by atoms with Gasteiger partial charge in [0.15, 0.2) is 0 Å². The second kappa shape index (κ2) is 9.40.